The number of aryl methyl sites for hydroxylation is 1. The Morgan fingerprint density at radius 2 is 0.780 bits per heavy atom. The number of nitrogens with zero attached hydrogens (tertiary/aromatic N) is 3. The van der Waals surface area contributed by atoms with E-state index >= 15 is 0 Å². The molecule has 0 N–H and O–H groups in total. The van der Waals surface area contributed by atoms with Crippen molar-refractivity contribution >= 4 is 21.8 Å². The van der Waals surface area contributed by atoms with Crippen LogP contribution in [0.4, 0.5) is 0 Å². The van der Waals surface area contributed by atoms with E-state index in [4.69, 9.17) is 4.98 Å². The van der Waals surface area contributed by atoms with Crippen LogP contribution in [0.25, 0.3) is 83.5 Å². The number of hydrogen-bond acceptors (Lipinski definition) is 2. The molecule has 9 rings (SSSR count). The van der Waals surface area contributed by atoms with Gasteiger partial charge in [-0.1, -0.05) is 140 Å². The van der Waals surface area contributed by atoms with E-state index in [1.807, 2.05) is 31.2 Å². The molecule has 0 fully saturated rings. The molecule has 0 saturated carbocycles. The first kappa shape index (κ1) is 29.6. The van der Waals surface area contributed by atoms with Crippen LogP contribution in [0.3, 0.4) is 0 Å². The van der Waals surface area contributed by atoms with Gasteiger partial charge in [0.1, 0.15) is 0 Å². The summed E-state index contributed by atoms with van der Waals surface area (Å²) in [6.07, 6.45) is 0. The summed E-state index contributed by atoms with van der Waals surface area (Å²) in [6, 6.07) is 64.7. The third-order valence-electron chi connectivity index (χ3n) is 9.51. The molecule has 0 bridgehead atoms. The molecule has 0 atom stereocenters. The highest BCUT2D eigenvalue weighted by molar-refractivity contribution is 6.11. The van der Waals surface area contributed by atoms with Gasteiger partial charge in [-0.2, -0.15) is 0 Å². The summed E-state index contributed by atoms with van der Waals surface area (Å²) in [6.45, 7) is 2.02. The van der Waals surface area contributed by atoms with E-state index in [0.717, 1.165) is 39.6 Å². The van der Waals surface area contributed by atoms with Crippen molar-refractivity contribution in [3.63, 3.8) is 0 Å². The summed E-state index contributed by atoms with van der Waals surface area (Å²) < 4.78 is 2.39. The number of hydrogen-bond donors (Lipinski definition) is 0. The van der Waals surface area contributed by atoms with E-state index < -0.39 is 0 Å². The van der Waals surface area contributed by atoms with Gasteiger partial charge in [0.25, 0.3) is 0 Å². The second-order valence-corrected chi connectivity index (χ2v) is 12.7. The molecule has 3 nitrogen and oxygen atoms in total. The number of aromatic nitrogens is 3. The van der Waals surface area contributed by atoms with Crippen molar-refractivity contribution in [2.45, 2.75) is 6.92 Å². The van der Waals surface area contributed by atoms with Crippen molar-refractivity contribution in [2.24, 2.45) is 0 Å². The minimum atomic E-state index is 0.748. The Balaban J connectivity index is 1.09. The molecule has 0 aliphatic heterocycles. The average molecular weight is 640 g/mol. The molecule has 0 spiro atoms. The lowest BCUT2D eigenvalue weighted by molar-refractivity contribution is 1.11. The Hall–Kier alpha value is -6.58. The Bertz CT molecular complexity index is 2510. The zero-order valence-corrected chi connectivity index (χ0v) is 27.7. The van der Waals surface area contributed by atoms with Crippen LogP contribution in [0.5, 0.6) is 0 Å². The summed E-state index contributed by atoms with van der Waals surface area (Å²) in [5, 5.41) is 2.49. The standard InChI is InChI=1S/C47H33N3/c1-32-29-44(49-47(48-32)38-15-9-4-10-16-38)37-19-17-35(18-20-37)36-21-25-41(26-22-36)50-45-27-23-39(33-11-5-2-6-12-33)30-42(45)43-31-40(24-28-46(43)50)34-13-7-3-8-14-34/h2-31H,1H3. The summed E-state index contributed by atoms with van der Waals surface area (Å²) in [5.41, 5.74) is 14.7. The first-order valence-electron chi connectivity index (χ1n) is 17.0. The second kappa shape index (κ2) is 12.5. The molecule has 236 valence electrons. The molecule has 7 aromatic carbocycles. The van der Waals surface area contributed by atoms with Gasteiger partial charge in [-0.15, -0.1) is 0 Å². The van der Waals surface area contributed by atoms with Gasteiger partial charge in [-0.05, 0) is 82.8 Å². The number of benzene rings is 7. The fourth-order valence-electron chi connectivity index (χ4n) is 6.99. The monoisotopic (exact) mass is 639 g/mol. The van der Waals surface area contributed by atoms with Gasteiger partial charge in [-0.3, -0.25) is 0 Å². The van der Waals surface area contributed by atoms with E-state index in [1.54, 1.807) is 0 Å². The highest BCUT2D eigenvalue weighted by atomic mass is 15.0. The maximum Gasteiger partial charge on any atom is 0.160 e. The molecule has 3 heteroatoms. The van der Waals surface area contributed by atoms with E-state index in [0.29, 0.717) is 0 Å². The quantitative estimate of drug-likeness (QED) is 0.181. The summed E-state index contributed by atoms with van der Waals surface area (Å²) in [5.74, 6) is 0.748. The Kier molecular flexibility index (Phi) is 7.37. The van der Waals surface area contributed by atoms with Crippen molar-refractivity contribution in [3.05, 3.63) is 188 Å². The molecule has 50 heavy (non-hydrogen) atoms. The molecular formula is C47H33N3. The van der Waals surface area contributed by atoms with Crippen LogP contribution < -0.4 is 0 Å². The van der Waals surface area contributed by atoms with Crippen LogP contribution in [-0.4, -0.2) is 14.5 Å². The molecule has 2 heterocycles. The number of rotatable bonds is 6. The van der Waals surface area contributed by atoms with Crippen LogP contribution in [0.15, 0.2) is 182 Å². The first-order chi connectivity index (χ1) is 24.7. The number of fused-ring (bicyclic) bond motifs is 3. The topological polar surface area (TPSA) is 30.7 Å². The van der Waals surface area contributed by atoms with Crippen LogP contribution >= 0.6 is 0 Å². The van der Waals surface area contributed by atoms with E-state index in [9.17, 15) is 0 Å². The lowest BCUT2D eigenvalue weighted by Crippen LogP contribution is -1.95. The fraction of sp³-hybridized carbons (Fsp3) is 0.0213. The summed E-state index contributed by atoms with van der Waals surface area (Å²) in [7, 11) is 0. The minimum absolute atomic E-state index is 0.748. The predicted octanol–water partition coefficient (Wildman–Crippen LogP) is 12.2. The van der Waals surface area contributed by atoms with E-state index in [2.05, 4.69) is 167 Å². The first-order valence-corrected chi connectivity index (χ1v) is 17.0. The predicted molar refractivity (Wildman–Crippen MR) is 208 cm³/mol. The maximum absolute atomic E-state index is 4.90. The molecule has 0 aliphatic carbocycles. The lowest BCUT2D eigenvalue weighted by atomic mass is 10.0. The SMILES string of the molecule is Cc1cc(-c2ccc(-c3ccc(-n4c5ccc(-c6ccccc6)cc5c5cc(-c6ccccc6)ccc54)cc3)cc2)nc(-c2ccccc2)n1. The Morgan fingerprint density at radius 3 is 1.30 bits per heavy atom. The van der Waals surface area contributed by atoms with Crippen molar-refractivity contribution in [2.75, 3.05) is 0 Å². The summed E-state index contributed by atoms with van der Waals surface area (Å²) in [4.78, 5) is 9.58. The Morgan fingerprint density at radius 1 is 0.360 bits per heavy atom. The smallest absolute Gasteiger partial charge is 0.160 e. The molecule has 0 radical (unpaired) electrons. The molecule has 0 amide bonds. The second-order valence-electron chi connectivity index (χ2n) is 12.7. The normalized spacial score (nSPS) is 11.3. The fourth-order valence-corrected chi connectivity index (χ4v) is 6.99. The summed E-state index contributed by atoms with van der Waals surface area (Å²) >= 11 is 0. The molecule has 0 saturated heterocycles. The van der Waals surface area contributed by atoms with E-state index in [1.165, 1.54) is 49.6 Å². The van der Waals surface area contributed by atoms with Gasteiger partial charge in [0.2, 0.25) is 0 Å². The third-order valence-corrected chi connectivity index (χ3v) is 9.51. The molecule has 0 aliphatic rings. The molecule has 2 aromatic heterocycles. The van der Waals surface area contributed by atoms with Gasteiger partial charge < -0.3 is 4.57 Å². The Labute approximate surface area is 291 Å². The average Bonchev–Trinajstić information content (AvgIpc) is 3.52. The van der Waals surface area contributed by atoms with Crippen LogP contribution in [-0.2, 0) is 0 Å². The largest absolute Gasteiger partial charge is 0.309 e. The molecule has 9 aromatic rings. The van der Waals surface area contributed by atoms with Gasteiger partial charge in [-0.25, -0.2) is 9.97 Å². The highest BCUT2D eigenvalue weighted by Crippen LogP contribution is 2.37. The van der Waals surface area contributed by atoms with Crippen molar-refractivity contribution in [1.29, 1.82) is 0 Å². The molecular weight excluding hydrogens is 607 g/mol. The van der Waals surface area contributed by atoms with Crippen LogP contribution in [0.1, 0.15) is 5.69 Å². The van der Waals surface area contributed by atoms with Crippen molar-refractivity contribution in [1.82, 2.24) is 14.5 Å². The zero-order chi connectivity index (χ0) is 33.4. The van der Waals surface area contributed by atoms with Gasteiger partial charge >= 0.3 is 0 Å². The van der Waals surface area contributed by atoms with E-state index in [-0.39, 0.29) is 0 Å². The van der Waals surface area contributed by atoms with Gasteiger partial charge in [0.05, 0.1) is 16.7 Å². The zero-order valence-electron chi connectivity index (χ0n) is 27.7. The van der Waals surface area contributed by atoms with Crippen LogP contribution in [0, 0.1) is 6.92 Å². The van der Waals surface area contributed by atoms with Gasteiger partial charge in [0.15, 0.2) is 5.82 Å². The maximum atomic E-state index is 4.90. The lowest BCUT2D eigenvalue weighted by Gasteiger charge is -2.11. The minimum Gasteiger partial charge on any atom is -0.309 e. The van der Waals surface area contributed by atoms with Crippen molar-refractivity contribution in [3.8, 4) is 61.7 Å². The van der Waals surface area contributed by atoms with Gasteiger partial charge in [0, 0.05) is 33.3 Å². The third kappa shape index (κ3) is 5.45. The molecule has 0 unspecified atom stereocenters. The van der Waals surface area contributed by atoms with Crippen LogP contribution in [0.2, 0.25) is 0 Å². The highest BCUT2D eigenvalue weighted by Gasteiger charge is 2.15. The van der Waals surface area contributed by atoms with Crippen molar-refractivity contribution < 1.29 is 0 Å².